The van der Waals surface area contributed by atoms with Gasteiger partial charge in [-0.25, -0.2) is 14.0 Å². The first-order valence-corrected chi connectivity index (χ1v) is 19.7. The summed E-state index contributed by atoms with van der Waals surface area (Å²) in [5, 5.41) is 12.4. The molecule has 14 heteroatoms. The van der Waals surface area contributed by atoms with Crippen molar-refractivity contribution in [3.05, 3.63) is 69.8 Å². The third kappa shape index (κ3) is 9.63. The van der Waals surface area contributed by atoms with E-state index in [9.17, 15) is 33.9 Å². The maximum atomic E-state index is 15.3. The van der Waals surface area contributed by atoms with Gasteiger partial charge >= 0.3 is 12.1 Å². The Morgan fingerprint density at radius 2 is 1.68 bits per heavy atom. The fraction of sp³-hybridized carbons (Fsp3) is 0.524. The maximum absolute atomic E-state index is 15.3. The van der Waals surface area contributed by atoms with Crippen molar-refractivity contribution in [3.8, 4) is 0 Å². The molecule has 0 spiro atoms. The second-order valence-corrected chi connectivity index (χ2v) is 15.2. The van der Waals surface area contributed by atoms with Gasteiger partial charge < -0.3 is 34.4 Å². The van der Waals surface area contributed by atoms with Crippen molar-refractivity contribution in [1.29, 1.82) is 0 Å². The number of halogens is 1. The van der Waals surface area contributed by atoms with Crippen LogP contribution in [0.25, 0.3) is 10.9 Å². The summed E-state index contributed by atoms with van der Waals surface area (Å²) < 4.78 is 22.5. The molecule has 5 rings (SSSR count). The molecule has 2 fully saturated rings. The molecule has 0 bridgehead atoms. The Morgan fingerprint density at radius 1 is 0.982 bits per heavy atom. The number of nitrogens with zero attached hydrogens (tertiary/aromatic N) is 4. The van der Waals surface area contributed by atoms with Gasteiger partial charge in [0.1, 0.15) is 29.6 Å². The van der Waals surface area contributed by atoms with Crippen LogP contribution >= 0.6 is 0 Å². The number of benzene rings is 2. The van der Waals surface area contributed by atoms with E-state index < -0.39 is 40.2 Å². The summed E-state index contributed by atoms with van der Waals surface area (Å²) in [6, 6.07) is 9.58. The zero-order valence-electron chi connectivity index (χ0n) is 32.9. The Morgan fingerprint density at radius 3 is 2.27 bits per heavy atom. The van der Waals surface area contributed by atoms with Gasteiger partial charge in [-0.2, -0.15) is 0 Å². The molecular formula is C42H54FN5O8. The molecule has 1 saturated heterocycles. The highest BCUT2D eigenvalue weighted by molar-refractivity contribution is 6.09. The number of anilines is 2. The SMILES string of the molecule is CCCC(=O)C1(C(=O)C[C@@H](CCCCN(C)C)C(=O)Nc2ccc(COC(=O)N3CCN(c4cc5c(cc4F)c(=O)c(C(=O)O)cn5CC)CC3)cc2)CCC1. The maximum Gasteiger partial charge on any atom is 0.410 e. The van der Waals surface area contributed by atoms with Gasteiger partial charge in [0.2, 0.25) is 11.3 Å². The number of hydrogen-bond acceptors (Lipinski definition) is 9. The van der Waals surface area contributed by atoms with E-state index in [0.29, 0.717) is 68.5 Å². The van der Waals surface area contributed by atoms with Crippen molar-refractivity contribution in [2.45, 2.75) is 84.8 Å². The summed E-state index contributed by atoms with van der Waals surface area (Å²) in [4.78, 5) is 82.7. The summed E-state index contributed by atoms with van der Waals surface area (Å²) in [6.45, 7) is 6.15. The van der Waals surface area contributed by atoms with Crippen molar-refractivity contribution < 1.29 is 38.2 Å². The number of Topliss-reactive ketones (excluding diaryl/α,β-unsaturated/α-hetero) is 2. The molecule has 2 aliphatic rings. The van der Waals surface area contributed by atoms with E-state index in [1.807, 2.05) is 21.0 Å². The van der Waals surface area contributed by atoms with Gasteiger partial charge in [0.15, 0.2) is 0 Å². The van der Waals surface area contributed by atoms with Crippen LogP contribution in [0.15, 0.2) is 47.4 Å². The molecule has 13 nitrogen and oxygen atoms in total. The molecule has 56 heavy (non-hydrogen) atoms. The van der Waals surface area contributed by atoms with Crippen LogP contribution in [0.4, 0.5) is 20.6 Å². The molecule has 1 atom stereocenters. The fourth-order valence-electron chi connectivity index (χ4n) is 7.62. The molecular weight excluding hydrogens is 721 g/mol. The predicted molar refractivity (Wildman–Crippen MR) is 212 cm³/mol. The number of fused-ring (bicyclic) bond motifs is 1. The first-order valence-electron chi connectivity index (χ1n) is 19.7. The molecule has 302 valence electrons. The summed E-state index contributed by atoms with van der Waals surface area (Å²) in [5.74, 6) is -2.95. The van der Waals surface area contributed by atoms with Crippen LogP contribution in [-0.4, -0.2) is 95.8 Å². The van der Waals surface area contributed by atoms with Crippen molar-refractivity contribution >= 4 is 51.8 Å². The number of aryl methyl sites for hydroxylation is 1. The van der Waals surface area contributed by atoms with Gasteiger partial charge in [-0.3, -0.25) is 19.2 Å². The summed E-state index contributed by atoms with van der Waals surface area (Å²) in [5.41, 5.74) is -0.158. The zero-order valence-corrected chi connectivity index (χ0v) is 32.9. The van der Waals surface area contributed by atoms with Crippen LogP contribution in [0.3, 0.4) is 0 Å². The number of rotatable bonds is 18. The minimum Gasteiger partial charge on any atom is -0.477 e. The van der Waals surface area contributed by atoms with Gasteiger partial charge in [-0.15, -0.1) is 0 Å². The fourth-order valence-corrected chi connectivity index (χ4v) is 7.62. The Balaban J connectivity index is 1.15. The third-order valence-electron chi connectivity index (χ3n) is 11.1. The first-order chi connectivity index (χ1) is 26.8. The molecule has 2 amide bonds. The minimum absolute atomic E-state index is 0.00328. The third-order valence-corrected chi connectivity index (χ3v) is 11.1. The number of nitrogens with one attached hydrogen (secondary N) is 1. The lowest BCUT2D eigenvalue weighted by molar-refractivity contribution is -0.148. The number of carboxylic acids is 1. The number of carbonyl (C=O) groups excluding carboxylic acids is 4. The highest BCUT2D eigenvalue weighted by Crippen LogP contribution is 2.45. The highest BCUT2D eigenvalue weighted by Gasteiger charge is 2.49. The lowest BCUT2D eigenvalue weighted by atomic mass is 9.61. The van der Waals surface area contributed by atoms with Crippen LogP contribution in [0.5, 0.6) is 0 Å². The molecule has 0 radical (unpaired) electrons. The number of piperazine rings is 1. The Bertz CT molecular complexity index is 1980. The number of carbonyl (C=O) groups is 5. The average Bonchev–Trinajstić information content (AvgIpc) is 3.15. The monoisotopic (exact) mass is 775 g/mol. The van der Waals surface area contributed by atoms with Gasteiger partial charge in [-0.05, 0) is 89.5 Å². The minimum atomic E-state index is -1.37. The van der Waals surface area contributed by atoms with Crippen molar-refractivity contribution in [1.82, 2.24) is 14.4 Å². The molecule has 1 aliphatic carbocycles. The Kier molecular flexibility index (Phi) is 14.0. The molecule has 1 saturated carbocycles. The number of pyridine rings is 1. The van der Waals surface area contributed by atoms with Gasteiger partial charge in [0.25, 0.3) is 0 Å². The number of carboxylic acid groups (broad SMARTS) is 1. The van der Waals surface area contributed by atoms with Crippen molar-refractivity contribution in [3.63, 3.8) is 0 Å². The van der Waals surface area contributed by atoms with E-state index in [4.69, 9.17) is 4.74 Å². The van der Waals surface area contributed by atoms with Crippen LogP contribution in [0, 0.1) is 17.2 Å². The van der Waals surface area contributed by atoms with E-state index in [0.717, 1.165) is 31.9 Å². The van der Waals surface area contributed by atoms with E-state index >= 15 is 4.39 Å². The smallest absolute Gasteiger partial charge is 0.410 e. The number of amides is 2. The van der Waals surface area contributed by atoms with Crippen LogP contribution < -0.4 is 15.6 Å². The molecule has 2 heterocycles. The predicted octanol–water partition coefficient (Wildman–Crippen LogP) is 6.10. The normalized spacial score (nSPS) is 15.7. The van der Waals surface area contributed by atoms with Crippen molar-refractivity contribution in [2.24, 2.45) is 11.3 Å². The topological polar surface area (TPSA) is 159 Å². The van der Waals surface area contributed by atoms with Crippen LogP contribution in [0.2, 0.25) is 0 Å². The summed E-state index contributed by atoms with van der Waals surface area (Å²) >= 11 is 0. The number of aromatic carboxylic acids is 1. The number of hydrogen-bond donors (Lipinski definition) is 2. The molecule has 3 aromatic rings. The van der Waals surface area contributed by atoms with Crippen LogP contribution in [-0.2, 0) is 32.3 Å². The molecule has 1 aliphatic heterocycles. The highest BCUT2D eigenvalue weighted by atomic mass is 19.1. The number of aromatic nitrogens is 1. The van der Waals surface area contributed by atoms with E-state index in [1.165, 1.54) is 11.1 Å². The van der Waals surface area contributed by atoms with E-state index in [2.05, 4.69) is 10.2 Å². The van der Waals surface area contributed by atoms with Gasteiger partial charge in [-0.1, -0.05) is 31.9 Å². The summed E-state index contributed by atoms with van der Waals surface area (Å²) in [6.07, 6.45) is 6.04. The summed E-state index contributed by atoms with van der Waals surface area (Å²) in [7, 11) is 3.99. The van der Waals surface area contributed by atoms with E-state index in [-0.39, 0.29) is 54.7 Å². The molecule has 2 N–H and O–H groups in total. The first kappa shape index (κ1) is 42.0. The second-order valence-electron chi connectivity index (χ2n) is 15.2. The largest absolute Gasteiger partial charge is 0.477 e. The molecule has 0 unspecified atom stereocenters. The number of unbranched alkanes of at least 4 members (excludes halogenated alkanes) is 1. The van der Waals surface area contributed by atoms with Gasteiger partial charge in [0.05, 0.1) is 16.6 Å². The lowest BCUT2D eigenvalue weighted by Gasteiger charge is -2.39. The quantitative estimate of drug-likeness (QED) is 0.114. The lowest BCUT2D eigenvalue weighted by Crippen LogP contribution is -2.49. The van der Waals surface area contributed by atoms with Crippen LogP contribution in [0.1, 0.15) is 87.6 Å². The number of ether oxygens (including phenoxy) is 1. The molecule has 2 aromatic carbocycles. The van der Waals surface area contributed by atoms with Crippen molar-refractivity contribution in [2.75, 3.05) is 57.0 Å². The standard InChI is InChI=1S/C42H54FN5O8/c1-5-10-36(49)42(16-9-17-42)37(50)23-29(11-7-8-18-45(3)4)39(52)44-30-14-12-28(13-15-30)27-56-41(55)48-21-19-47(20-22-48)35-25-34-31(24-33(35)43)38(51)32(40(53)54)26-46(34)6-2/h12-15,24-26,29H,5-11,16-23,27H2,1-4H3,(H,44,52)(H,53,54)/t29-/m1/s1. The van der Waals surface area contributed by atoms with Gasteiger partial charge in [0, 0.05) is 68.8 Å². The average molecular weight is 776 g/mol. The van der Waals surface area contributed by atoms with E-state index in [1.54, 1.807) is 46.7 Å². The molecule has 1 aromatic heterocycles. The Labute approximate surface area is 326 Å². The second kappa shape index (κ2) is 18.7. The zero-order chi connectivity index (χ0) is 40.6. The number of ketones is 2. The Hall–Kier alpha value is -5.11.